The highest BCUT2D eigenvalue weighted by molar-refractivity contribution is 6.29. The maximum absolute atomic E-state index is 11.4. The number of carbonyl (C=O) groups excluding carboxylic acids is 1. The van der Waals surface area contributed by atoms with Gasteiger partial charge in [-0.25, -0.2) is 0 Å². The third-order valence-corrected chi connectivity index (χ3v) is 1.91. The van der Waals surface area contributed by atoms with E-state index in [1.165, 1.54) is 18.3 Å². The Kier molecular flexibility index (Phi) is 2.73. The number of furan rings is 1. The fourth-order valence-electron chi connectivity index (χ4n) is 1.02. The Labute approximate surface area is 90.0 Å². The summed E-state index contributed by atoms with van der Waals surface area (Å²) in [6.07, 6.45) is 1.51. The second kappa shape index (κ2) is 4.18. The molecule has 0 saturated heterocycles. The number of carbonyl (C=O) groups is 1. The van der Waals surface area contributed by atoms with Crippen LogP contribution in [0.2, 0.25) is 5.22 Å². The van der Waals surface area contributed by atoms with Crippen molar-refractivity contribution in [2.75, 3.05) is 0 Å². The van der Waals surface area contributed by atoms with Crippen molar-refractivity contribution in [1.29, 1.82) is 0 Å². The van der Waals surface area contributed by atoms with Crippen molar-refractivity contribution in [2.45, 2.75) is 6.54 Å². The molecule has 0 aliphatic carbocycles. The van der Waals surface area contributed by atoms with Gasteiger partial charge in [0.2, 0.25) is 0 Å². The van der Waals surface area contributed by atoms with Crippen LogP contribution in [0.3, 0.4) is 0 Å². The molecule has 0 aliphatic heterocycles. The van der Waals surface area contributed by atoms with Crippen LogP contribution in [0.5, 0.6) is 0 Å². The standard InChI is InChI=1S/C9H7ClN2O3/c10-8-2-1-7(14-8)9(13)11-5-6-3-4-12-15-6/h1-4H,5H2,(H,11,13). The summed E-state index contributed by atoms with van der Waals surface area (Å²) >= 11 is 5.53. The molecule has 2 aromatic heterocycles. The number of halogens is 1. The van der Waals surface area contributed by atoms with Gasteiger partial charge in [0.15, 0.2) is 16.7 Å². The molecule has 2 aromatic rings. The van der Waals surface area contributed by atoms with Gasteiger partial charge in [0.1, 0.15) is 0 Å². The van der Waals surface area contributed by atoms with Crippen molar-refractivity contribution in [3.63, 3.8) is 0 Å². The van der Waals surface area contributed by atoms with Crippen molar-refractivity contribution in [3.05, 3.63) is 41.1 Å². The van der Waals surface area contributed by atoms with Crippen LogP contribution >= 0.6 is 11.6 Å². The van der Waals surface area contributed by atoms with Gasteiger partial charge in [-0.3, -0.25) is 4.79 Å². The normalized spacial score (nSPS) is 10.2. The molecule has 0 unspecified atom stereocenters. The molecule has 1 amide bonds. The fourth-order valence-corrected chi connectivity index (χ4v) is 1.17. The molecule has 2 heterocycles. The molecule has 2 rings (SSSR count). The van der Waals surface area contributed by atoms with Gasteiger partial charge >= 0.3 is 0 Å². The Hall–Kier alpha value is -1.75. The second-order valence-corrected chi connectivity index (χ2v) is 3.14. The molecule has 5 nitrogen and oxygen atoms in total. The van der Waals surface area contributed by atoms with Crippen LogP contribution in [0.25, 0.3) is 0 Å². The topological polar surface area (TPSA) is 68.3 Å². The third-order valence-electron chi connectivity index (χ3n) is 1.71. The monoisotopic (exact) mass is 226 g/mol. The summed E-state index contributed by atoms with van der Waals surface area (Å²) in [5.41, 5.74) is 0. The highest BCUT2D eigenvalue weighted by Crippen LogP contribution is 2.12. The third kappa shape index (κ3) is 2.38. The van der Waals surface area contributed by atoms with Gasteiger partial charge in [-0.1, -0.05) is 5.16 Å². The number of amides is 1. The van der Waals surface area contributed by atoms with E-state index < -0.39 is 0 Å². The van der Waals surface area contributed by atoms with Crippen LogP contribution in [0.4, 0.5) is 0 Å². The smallest absolute Gasteiger partial charge is 0.287 e. The first-order valence-corrected chi connectivity index (χ1v) is 4.56. The SMILES string of the molecule is O=C(NCc1ccno1)c1ccc(Cl)o1. The lowest BCUT2D eigenvalue weighted by Gasteiger charge is -1.98. The van der Waals surface area contributed by atoms with Crippen LogP contribution in [0, 0.1) is 0 Å². The van der Waals surface area contributed by atoms with E-state index in [0.717, 1.165) is 0 Å². The number of hydrogen-bond donors (Lipinski definition) is 1. The second-order valence-electron chi connectivity index (χ2n) is 2.77. The number of rotatable bonds is 3. The minimum Gasteiger partial charge on any atom is -0.440 e. The van der Waals surface area contributed by atoms with E-state index in [0.29, 0.717) is 5.76 Å². The van der Waals surface area contributed by atoms with Gasteiger partial charge in [-0.2, -0.15) is 0 Å². The largest absolute Gasteiger partial charge is 0.440 e. The molecular weight excluding hydrogens is 220 g/mol. The van der Waals surface area contributed by atoms with Crippen molar-refractivity contribution in [2.24, 2.45) is 0 Å². The van der Waals surface area contributed by atoms with E-state index in [2.05, 4.69) is 10.5 Å². The summed E-state index contributed by atoms with van der Waals surface area (Å²) < 4.78 is 9.73. The Balaban J connectivity index is 1.93. The molecule has 0 aliphatic rings. The molecule has 0 bridgehead atoms. The molecule has 6 heteroatoms. The zero-order valence-corrected chi connectivity index (χ0v) is 8.32. The van der Waals surface area contributed by atoms with E-state index in [4.69, 9.17) is 20.5 Å². The maximum Gasteiger partial charge on any atom is 0.287 e. The van der Waals surface area contributed by atoms with Crippen molar-refractivity contribution < 1.29 is 13.7 Å². The molecule has 0 atom stereocenters. The summed E-state index contributed by atoms with van der Waals surface area (Å²) in [7, 11) is 0. The number of nitrogens with zero attached hydrogens (tertiary/aromatic N) is 1. The van der Waals surface area contributed by atoms with Gasteiger partial charge in [0.25, 0.3) is 5.91 Å². The van der Waals surface area contributed by atoms with E-state index in [-0.39, 0.29) is 23.4 Å². The van der Waals surface area contributed by atoms with Crippen molar-refractivity contribution >= 4 is 17.5 Å². The predicted molar refractivity (Wildman–Crippen MR) is 51.4 cm³/mol. The first-order chi connectivity index (χ1) is 7.25. The molecule has 0 fully saturated rings. The lowest BCUT2D eigenvalue weighted by atomic mass is 10.4. The molecule has 0 aromatic carbocycles. The summed E-state index contributed by atoms with van der Waals surface area (Å²) in [5.74, 6) is 0.388. The summed E-state index contributed by atoms with van der Waals surface area (Å²) in [4.78, 5) is 11.4. The fraction of sp³-hybridized carbons (Fsp3) is 0.111. The summed E-state index contributed by atoms with van der Waals surface area (Å²) in [5, 5.41) is 6.28. The first kappa shape index (κ1) is 9.79. The zero-order chi connectivity index (χ0) is 10.7. The van der Waals surface area contributed by atoms with Gasteiger partial charge in [-0.15, -0.1) is 0 Å². The maximum atomic E-state index is 11.4. The number of aromatic nitrogens is 1. The molecular formula is C9H7ClN2O3. The average molecular weight is 227 g/mol. The van der Waals surface area contributed by atoms with Gasteiger partial charge in [0, 0.05) is 6.07 Å². The van der Waals surface area contributed by atoms with Gasteiger partial charge in [-0.05, 0) is 23.7 Å². The predicted octanol–water partition coefficient (Wildman–Crippen LogP) is 1.85. The van der Waals surface area contributed by atoms with E-state index in [9.17, 15) is 4.79 Å². The minimum atomic E-state index is -0.349. The molecule has 78 valence electrons. The van der Waals surface area contributed by atoms with Crippen molar-refractivity contribution in [3.8, 4) is 0 Å². The lowest BCUT2D eigenvalue weighted by Crippen LogP contribution is -2.21. The Bertz CT molecular complexity index is 450. The highest BCUT2D eigenvalue weighted by atomic mass is 35.5. The van der Waals surface area contributed by atoms with Crippen LogP contribution < -0.4 is 5.32 Å². The average Bonchev–Trinajstić information content (AvgIpc) is 2.84. The van der Waals surface area contributed by atoms with Gasteiger partial charge in [0.05, 0.1) is 12.7 Å². The zero-order valence-electron chi connectivity index (χ0n) is 7.57. The molecule has 15 heavy (non-hydrogen) atoms. The molecule has 0 spiro atoms. The van der Waals surface area contributed by atoms with Crippen molar-refractivity contribution in [1.82, 2.24) is 10.5 Å². The molecule has 0 saturated carbocycles. The molecule has 1 N–H and O–H groups in total. The number of hydrogen-bond acceptors (Lipinski definition) is 4. The van der Waals surface area contributed by atoms with E-state index in [1.807, 2.05) is 0 Å². The van der Waals surface area contributed by atoms with E-state index in [1.54, 1.807) is 6.07 Å². The highest BCUT2D eigenvalue weighted by Gasteiger charge is 2.10. The molecule has 0 radical (unpaired) electrons. The first-order valence-electron chi connectivity index (χ1n) is 4.19. The Morgan fingerprint density at radius 2 is 2.33 bits per heavy atom. The summed E-state index contributed by atoms with van der Waals surface area (Å²) in [6.45, 7) is 0.261. The Morgan fingerprint density at radius 3 is 2.93 bits per heavy atom. The quantitative estimate of drug-likeness (QED) is 0.867. The van der Waals surface area contributed by atoms with Crippen LogP contribution in [0.15, 0.2) is 33.3 Å². The summed E-state index contributed by atoms with van der Waals surface area (Å²) in [6, 6.07) is 4.67. The van der Waals surface area contributed by atoms with Gasteiger partial charge < -0.3 is 14.3 Å². The lowest BCUT2D eigenvalue weighted by molar-refractivity contribution is 0.0919. The van der Waals surface area contributed by atoms with Crippen LogP contribution in [0.1, 0.15) is 16.3 Å². The minimum absolute atomic E-state index is 0.166. The van der Waals surface area contributed by atoms with Crippen LogP contribution in [-0.4, -0.2) is 11.1 Å². The number of nitrogens with one attached hydrogen (secondary N) is 1. The Morgan fingerprint density at radius 1 is 1.47 bits per heavy atom. The van der Waals surface area contributed by atoms with Crippen LogP contribution in [-0.2, 0) is 6.54 Å². The van der Waals surface area contributed by atoms with E-state index >= 15 is 0 Å².